The Bertz CT molecular complexity index is 618. The first-order valence-corrected chi connectivity index (χ1v) is 6.63. The van der Waals surface area contributed by atoms with Crippen molar-refractivity contribution in [3.05, 3.63) is 24.1 Å². The summed E-state index contributed by atoms with van der Waals surface area (Å²) in [5.41, 5.74) is 6.52. The zero-order valence-corrected chi connectivity index (χ0v) is 11.3. The number of hydrogen-bond donors (Lipinski definition) is 2. The van der Waals surface area contributed by atoms with Gasteiger partial charge in [-0.05, 0) is 31.0 Å². The number of nitrogens with zero attached hydrogens (tertiary/aromatic N) is 2. The standard InChI is InChI=1S/C14H17N3O3/c1-19-11-8-9(4-5-10(11)18)12-16-13(20-17-12)14(15)6-2-3-7-14/h4-5,8,18H,2-3,6-7,15H2,1H3. The van der Waals surface area contributed by atoms with Gasteiger partial charge in [-0.1, -0.05) is 18.0 Å². The monoisotopic (exact) mass is 275 g/mol. The molecule has 0 saturated heterocycles. The van der Waals surface area contributed by atoms with Crippen molar-refractivity contribution in [3.63, 3.8) is 0 Å². The second-order valence-electron chi connectivity index (χ2n) is 5.17. The molecule has 0 aliphatic heterocycles. The molecule has 3 N–H and O–H groups in total. The lowest BCUT2D eigenvalue weighted by molar-refractivity contribution is 0.285. The molecule has 20 heavy (non-hydrogen) atoms. The largest absolute Gasteiger partial charge is 0.504 e. The van der Waals surface area contributed by atoms with Crippen molar-refractivity contribution in [3.8, 4) is 22.9 Å². The van der Waals surface area contributed by atoms with Gasteiger partial charge in [0.25, 0.3) is 0 Å². The molecule has 1 aliphatic rings. The maximum atomic E-state index is 9.59. The van der Waals surface area contributed by atoms with Crippen LogP contribution >= 0.6 is 0 Å². The molecule has 6 heteroatoms. The number of nitrogens with two attached hydrogens (primary N) is 1. The van der Waals surface area contributed by atoms with E-state index < -0.39 is 5.54 Å². The van der Waals surface area contributed by atoms with E-state index in [1.807, 2.05) is 0 Å². The van der Waals surface area contributed by atoms with E-state index in [0.717, 1.165) is 31.2 Å². The van der Waals surface area contributed by atoms with Crippen LogP contribution in [-0.4, -0.2) is 22.4 Å². The predicted octanol–water partition coefficient (Wildman–Crippen LogP) is 2.18. The number of benzene rings is 1. The van der Waals surface area contributed by atoms with Crippen LogP contribution in [0.15, 0.2) is 22.7 Å². The van der Waals surface area contributed by atoms with Crippen LogP contribution in [0.1, 0.15) is 31.6 Å². The highest BCUT2D eigenvalue weighted by atomic mass is 16.5. The number of methoxy groups -OCH3 is 1. The molecule has 0 bridgehead atoms. The Kier molecular flexibility index (Phi) is 3.10. The Morgan fingerprint density at radius 1 is 1.35 bits per heavy atom. The van der Waals surface area contributed by atoms with Crippen LogP contribution in [0.2, 0.25) is 0 Å². The molecule has 1 aromatic carbocycles. The Hall–Kier alpha value is -2.08. The molecule has 0 unspecified atom stereocenters. The van der Waals surface area contributed by atoms with Crippen LogP contribution in [0.4, 0.5) is 0 Å². The van der Waals surface area contributed by atoms with Gasteiger partial charge >= 0.3 is 0 Å². The molecule has 106 valence electrons. The summed E-state index contributed by atoms with van der Waals surface area (Å²) < 4.78 is 10.4. The van der Waals surface area contributed by atoms with Crippen LogP contribution in [0, 0.1) is 0 Å². The quantitative estimate of drug-likeness (QED) is 0.891. The van der Waals surface area contributed by atoms with Gasteiger partial charge in [0.05, 0.1) is 12.6 Å². The van der Waals surface area contributed by atoms with Gasteiger partial charge in [0.15, 0.2) is 11.5 Å². The van der Waals surface area contributed by atoms with E-state index in [2.05, 4.69) is 10.1 Å². The maximum Gasteiger partial charge on any atom is 0.247 e. The van der Waals surface area contributed by atoms with Crippen molar-refractivity contribution < 1.29 is 14.4 Å². The number of ether oxygens (including phenoxy) is 1. The summed E-state index contributed by atoms with van der Waals surface area (Å²) >= 11 is 0. The molecule has 1 saturated carbocycles. The Morgan fingerprint density at radius 3 is 2.80 bits per heavy atom. The van der Waals surface area contributed by atoms with Gasteiger partial charge < -0.3 is 20.1 Å². The summed E-state index contributed by atoms with van der Waals surface area (Å²) in [6, 6.07) is 4.92. The topological polar surface area (TPSA) is 94.4 Å². The third-order valence-electron chi connectivity index (χ3n) is 3.79. The molecule has 0 spiro atoms. The molecular formula is C14H17N3O3. The first-order chi connectivity index (χ1) is 9.62. The molecule has 1 fully saturated rings. The second-order valence-corrected chi connectivity index (χ2v) is 5.17. The van der Waals surface area contributed by atoms with Gasteiger partial charge in [0, 0.05) is 5.56 Å². The number of aromatic nitrogens is 2. The molecule has 0 atom stereocenters. The van der Waals surface area contributed by atoms with Crippen molar-refractivity contribution >= 4 is 0 Å². The van der Waals surface area contributed by atoms with Crippen LogP contribution < -0.4 is 10.5 Å². The average Bonchev–Trinajstić information content (AvgIpc) is 3.09. The summed E-state index contributed by atoms with van der Waals surface area (Å²) in [7, 11) is 1.49. The molecule has 1 aromatic heterocycles. The lowest BCUT2D eigenvalue weighted by Gasteiger charge is -2.17. The third kappa shape index (κ3) is 2.12. The molecule has 3 rings (SSSR count). The molecule has 0 radical (unpaired) electrons. The van der Waals surface area contributed by atoms with E-state index >= 15 is 0 Å². The SMILES string of the molecule is COc1cc(-c2noc(C3(N)CCCC3)n2)ccc1O. The molecule has 1 heterocycles. The van der Waals surface area contributed by atoms with E-state index in [9.17, 15) is 5.11 Å². The number of rotatable bonds is 3. The lowest BCUT2D eigenvalue weighted by atomic mass is 9.99. The summed E-state index contributed by atoms with van der Waals surface area (Å²) in [5, 5.41) is 13.6. The first kappa shape index (κ1) is 12.9. The van der Waals surface area contributed by atoms with Gasteiger partial charge in [-0.25, -0.2) is 0 Å². The number of aromatic hydroxyl groups is 1. The minimum Gasteiger partial charge on any atom is -0.504 e. The molecule has 6 nitrogen and oxygen atoms in total. The zero-order valence-electron chi connectivity index (χ0n) is 11.3. The van der Waals surface area contributed by atoms with E-state index in [1.54, 1.807) is 12.1 Å². The predicted molar refractivity (Wildman–Crippen MR) is 72.3 cm³/mol. The highest BCUT2D eigenvalue weighted by Gasteiger charge is 2.36. The molecular weight excluding hydrogens is 258 g/mol. The Morgan fingerprint density at radius 2 is 2.10 bits per heavy atom. The Balaban J connectivity index is 1.94. The fraction of sp³-hybridized carbons (Fsp3) is 0.429. The van der Waals surface area contributed by atoms with Gasteiger partial charge in [0.1, 0.15) is 0 Å². The third-order valence-corrected chi connectivity index (χ3v) is 3.79. The van der Waals surface area contributed by atoms with Crippen molar-refractivity contribution in [1.29, 1.82) is 0 Å². The molecule has 1 aliphatic carbocycles. The van der Waals surface area contributed by atoms with Crippen molar-refractivity contribution in [2.24, 2.45) is 5.73 Å². The van der Waals surface area contributed by atoms with Gasteiger partial charge in [-0.2, -0.15) is 4.98 Å². The number of phenolic OH excluding ortho intramolecular Hbond substituents is 1. The first-order valence-electron chi connectivity index (χ1n) is 6.63. The normalized spacial score (nSPS) is 17.3. The fourth-order valence-corrected chi connectivity index (χ4v) is 2.58. The minimum absolute atomic E-state index is 0.0751. The van der Waals surface area contributed by atoms with Gasteiger partial charge in [0.2, 0.25) is 11.7 Å². The smallest absolute Gasteiger partial charge is 0.247 e. The summed E-state index contributed by atoms with van der Waals surface area (Å²) in [5.74, 6) is 1.38. The number of phenols is 1. The van der Waals surface area contributed by atoms with Crippen LogP contribution in [0.3, 0.4) is 0 Å². The summed E-state index contributed by atoms with van der Waals surface area (Å²) in [6.45, 7) is 0. The summed E-state index contributed by atoms with van der Waals surface area (Å²) in [4.78, 5) is 4.40. The highest BCUT2D eigenvalue weighted by Crippen LogP contribution is 2.36. The van der Waals surface area contributed by atoms with E-state index in [4.69, 9.17) is 15.0 Å². The van der Waals surface area contributed by atoms with E-state index in [0.29, 0.717) is 17.5 Å². The van der Waals surface area contributed by atoms with Crippen molar-refractivity contribution in [1.82, 2.24) is 10.1 Å². The van der Waals surface area contributed by atoms with E-state index in [-0.39, 0.29) is 5.75 Å². The van der Waals surface area contributed by atoms with Gasteiger partial charge in [-0.15, -0.1) is 0 Å². The fourth-order valence-electron chi connectivity index (χ4n) is 2.58. The highest BCUT2D eigenvalue weighted by molar-refractivity contribution is 5.60. The number of hydrogen-bond acceptors (Lipinski definition) is 6. The molecule has 0 amide bonds. The minimum atomic E-state index is -0.494. The van der Waals surface area contributed by atoms with Crippen LogP contribution in [0.5, 0.6) is 11.5 Å². The zero-order chi connectivity index (χ0) is 14.2. The van der Waals surface area contributed by atoms with Gasteiger partial charge in [-0.3, -0.25) is 0 Å². The molecule has 2 aromatic rings. The summed E-state index contributed by atoms with van der Waals surface area (Å²) in [6.07, 6.45) is 3.91. The maximum absolute atomic E-state index is 9.59. The second kappa shape index (κ2) is 4.79. The van der Waals surface area contributed by atoms with Crippen molar-refractivity contribution in [2.45, 2.75) is 31.2 Å². The van der Waals surface area contributed by atoms with Crippen LogP contribution in [0.25, 0.3) is 11.4 Å². The van der Waals surface area contributed by atoms with Crippen LogP contribution in [-0.2, 0) is 5.54 Å². The van der Waals surface area contributed by atoms with E-state index in [1.165, 1.54) is 13.2 Å². The van der Waals surface area contributed by atoms with Crippen molar-refractivity contribution in [2.75, 3.05) is 7.11 Å². The Labute approximate surface area is 116 Å². The lowest BCUT2D eigenvalue weighted by Crippen LogP contribution is -2.33. The average molecular weight is 275 g/mol.